The molecule has 0 saturated carbocycles. The first-order chi connectivity index (χ1) is 7.04. The third-order valence-corrected chi connectivity index (χ3v) is 3.94. The zero-order valence-electron chi connectivity index (χ0n) is 8.80. The van der Waals surface area contributed by atoms with Gasteiger partial charge in [-0.1, -0.05) is 22.0 Å². The molecule has 84 valence electrons. The Morgan fingerprint density at radius 3 is 2.67 bits per heavy atom. The maximum Gasteiger partial charge on any atom is 0.137 e. The van der Waals surface area contributed by atoms with E-state index < -0.39 is 0 Å². The van der Waals surface area contributed by atoms with Gasteiger partial charge in [0.25, 0.3) is 0 Å². The molecule has 0 aliphatic carbocycles. The van der Waals surface area contributed by atoms with Crippen molar-refractivity contribution < 1.29 is 4.39 Å². The maximum absolute atomic E-state index is 13.0. The van der Waals surface area contributed by atoms with Crippen molar-refractivity contribution >= 4 is 31.9 Å². The van der Waals surface area contributed by atoms with E-state index in [0.29, 0.717) is 10.5 Å². The van der Waals surface area contributed by atoms with Crippen molar-refractivity contribution in [3.8, 4) is 0 Å². The average Bonchev–Trinajstić information content (AvgIpc) is 2.22. The summed E-state index contributed by atoms with van der Waals surface area (Å²) in [6, 6.07) is 5.60. The Hall–Kier alpha value is 0.0700. The lowest BCUT2D eigenvalue weighted by atomic mass is 10.2. The van der Waals surface area contributed by atoms with Gasteiger partial charge in [-0.25, -0.2) is 4.39 Å². The Bertz CT molecular complexity index is 330. The monoisotopic (exact) mass is 337 g/mol. The summed E-state index contributed by atoms with van der Waals surface area (Å²) in [7, 11) is 2.06. The lowest BCUT2D eigenvalue weighted by molar-refractivity contribution is 0.270. The molecule has 0 spiro atoms. The van der Waals surface area contributed by atoms with E-state index in [-0.39, 0.29) is 5.82 Å². The molecule has 15 heavy (non-hydrogen) atoms. The summed E-state index contributed by atoms with van der Waals surface area (Å²) < 4.78 is 13.5. The molecule has 0 aliphatic rings. The molecule has 4 heteroatoms. The zero-order chi connectivity index (χ0) is 11.4. The molecule has 1 nitrogen and oxygen atoms in total. The number of rotatable bonds is 4. The number of hydrogen-bond acceptors (Lipinski definition) is 1. The highest BCUT2D eigenvalue weighted by Crippen LogP contribution is 2.18. The quantitative estimate of drug-likeness (QED) is 0.755. The number of alkyl halides is 1. The first-order valence-electron chi connectivity index (χ1n) is 4.74. The molecule has 0 bridgehead atoms. The van der Waals surface area contributed by atoms with Crippen LogP contribution >= 0.6 is 31.9 Å². The van der Waals surface area contributed by atoms with Gasteiger partial charge in [-0.2, -0.15) is 0 Å². The van der Waals surface area contributed by atoms with E-state index in [1.165, 1.54) is 6.07 Å². The molecular weight excluding hydrogens is 325 g/mol. The van der Waals surface area contributed by atoms with Gasteiger partial charge in [-0.3, -0.25) is 4.90 Å². The van der Waals surface area contributed by atoms with Crippen LogP contribution in [0.25, 0.3) is 0 Å². The zero-order valence-corrected chi connectivity index (χ0v) is 12.0. The average molecular weight is 339 g/mol. The van der Waals surface area contributed by atoms with Crippen molar-refractivity contribution in [1.29, 1.82) is 0 Å². The van der Waals surface area contributed by atoms with Gasteiger partial charge in [0.2, 0.25) is 0 Å². The summed E-state index contributed by atoms with van der Waals surface area (Å²) in [6.07, 6.45) is 0. The van der Waals surface area contributed by atoms with Crippen LogP contribution in [-0.4, -0.2) is 23.3 Å². The third-order valence-electron chi connectivity index (χ3n) is 2.39. The van der Waals surface area contributed by atoms with Crippen LogP contribution in [0.5, 0.6) is 0 Å². The highest BCUT2D eigenvalue weighted by Gasteiger charge is 2.08. The molecule has 0 radical (unpaired) electrons. The highest BCUT2D eigenvalue weighted by molar-refractivity contribution is 9.10. The molecular formula is C11H14Br2FN. The second-order valence-corrected chi connectivity index (χ2v) is 5.17. The molecule has 0 heterocycles. The van der Waals surface area contributed by atoms with Crippen LogP contribution in [0.2, 0.25) is 0 Å². The van der Waals surface area contributed by atoms with E-state index in [9.17, 15) is 4.39 Å². The van der Waals surface area contributed by atoms with Gasteiger partial charge in [-0.15, -0.1) is 0 Å². The maximum atomic E-state index is 13.0. The van der Waals surface area contributed by atoms with E-state index in [4.69, 9.17) is 0 Å². The first-order valence-corrected chi connectivity index (χ1v) is 6.66. The summed E-state index contributed by atoms with van der Waals surface area (Å²) >= 11 is 6.63. The smallest absolute Gasteiger partial charge is 0.137 e. The molecule has 0 aromatic heterocycles. The normalized spacial score (nSPS) is 13.2. The van der Waals surface area contributed by atoms with Crippen molar-refractivity contribution in [2.45, 2.75) is 19.5 Å². The molecule has 0 aliphatic heterocycles. The van der Waals surface area contributed by atoms with Crippen LogP contribution in [0.4, 0.5) is 4.39 Å². The van der Waals surface area contributed by atoms with Crippen LogP contribution in [-0.2, 0) is 6.54 Å². The summed E-state index contributed by atoms with van der Waals surface area (Å²) in [6.45, 7) is 2.97. The molecule has 1 unspecified atom stereocenters. The fourth-order valence-electron chi connectivity index (χ4n) is 1.20. The Morgan fingerprint density at radius 2 is 2.13 bits per heavy atom. The number of halogens is 3. The Kier molecular flexibility index (Phi) is 5.23. The minimum atomic E-state index is -0.213. The Balaban J connectivity index is 2.68. The summed E-state index contributed by atoms with van der Waals surface area (Å²) in [4.78, 5) is 2.22. The predicted molar refractivity (Wildman–Crippen MR) is 68.8 cm³/mol. The van der Waals surface area contributed by atoms with Gasteiger partial charge < -0.3 is 0 Å². The van der Waals surface area contributed by atoms with Crippen LogP contribution in [0, 0.1) is 5.82 Å². The Labute approximate surface area is 107 Å². The van der Waals surface area contributed by atoms with Gasteiger partial charge >= 0.3 is 0 Å². The summed E-state index contributed by atoms with van der Waals surface area (Å²) in [5, 5.41) is 0.936. The molecule has 1 aromatic rings. The molecule has 1 atom stereocenters. The predicted octanol–water partition coefficient (Wildman–Crippen LogP) is 3.80. The largest absolute Gasteiger partial charge is 0.299 e. The van der Waals surface area contributed by atoms with Crippen molar-refractivity contribution in [2.75, 3.05) is 12.4 Å². The van der Waals surface area contributed by atoms with Crippen molar-refractivity contribution in [3.05, 3.63) is 34.1 Å². The summed E-state index contributed by atoms with van der Waals surface area (Å²) in [5.41, 5.74) is 1.11. The summed E-state index contributed by atoms with van der Waals surface area (Å²) in [5.74, 6) is -0.213. The molecule has 1 aromatic carbocycles. The lowest BCUT2D eigenvalue weighted by Gasteiger charge is -2.22. The van der Waals surface area contributed by atoms with Crippen LogP contribution in [0.15, 0.2) is 22.7 Å². The minimum Gasteiger partial charge on any atom is -0.299 e. The molecule has 0 fully saturated rings. The standard InChI is InChI=1S/C11H14Br2FN/c1-8(6-12)15(2)7-9-3-4-11(14)10(13)5-9/h3-5,8H,6-7H2,1-2H3. The highest BCUT2D eigenvalue weighted by atomic mass is 79.9. The molecule has 0 amide bonds. The topological polar surface area (TPSA) is 3.24 Å². The first kappa shape index (κ1) is 13.1. The van der Waals surface area contributed by atoms with Gasteiger partial charge in [0.05, 0.1) is 4.47 Å². The van der Waals surface area contributed by atoms with E-state index in [1.807, 2.05) is 12.1 Å². The molecule has 1 rings (SSSR count). The van der Waals surface area contributed by atoms with Crippen molar-refractivity contribution in [3.63, 3.8) is 0 Å². The van der Waals surface area contributed by atoms with Crippen molar-refractivity contribution in [1.82, 2.24) is 4.90 Å². The van der Waals surface area contributed by atoms with Gasteiger partial charge in [0.15, 0.2) is 0 Å². The van der Waals surface area contributed by atoms with E-state index in [1.54, 1.807) is 0 Å². The fourth-order valence-corrected chi connectivity index (χ4v) is 2.12. The minimum absolute atomic E-state index is 0.213. The SMILES string of the molecule is CC(CBr)N(C)Cc1ccc(F)c(Br)c1. The number of nitrogens with zero attached hydrogens (tertiary/aromatic N) is 1. The van der Waals surface area contributed by atoms with Gasteiger partial charge in [0.1, 0.15) is 5.82 Å². The fraction of sp³-hybridized carbons (Fsp3) is 0.455. The second-order valence-electron chi connectivity index (χ2n) is 3.67. The van der Waals surface area contributed by atoms with Crippen LogP contribution < -0.4 is 0 Å². The van der Waals surface area contributed by atoms with Gasteiger partial charge in [-0.05, 0) is 47.6 Å². The molecule has 0 saturated heterocycles. The number of benzene rings is 1. The second kappa shape index (κ2) is 5.97. The number of hydrogen-bond donors (Lipinski definition) is 0. The van der Waals surface area contributed by atoms with Crippen LogP contribution in [0.3, 0.4) is 0 Å². The van der Waals surface area contributed by atoms with Gasteiger partial charge in [0, 0.05) is 17.9 Å². The molecule has 0 N–H and O–H groups in total. The third kappa shape index (κ3) is 3.85. The van der Waals surface area contributed by atoms with E-state index in [0.717, 1.165) is 17.4 Å². The van der Waals surface area contributed by atoms with E-state index in [2.05, 4.69) is 50.7 Å². The Morgan fingerprint density at radius 1 is 1.47 bits per heavy atom. The van der Waals surface area contributed by atoms with Crippen molar-refractivity contribution in [2.24, 2.45) is 0 Å². The van der Waals surface area contributed by atoms with Crippen LogP contribution in [0.1, 0.15) is 12.5 Å². The lowest BCUT2D eigenvalue weighted by Crippen LogP contribution is -2.29. The van der Waals surface area contributed by atoms with E-state index >= 15 is 0 Å².